The van der Waals surface area contributed by atoms with Crippen molar-refractivity contribution in [1.82, 2.24) is 8.94 Å². The van der Waals surface area contributed by atoms with Crippen molar-refractivity contribution in [3.8, 4) is 5.88 Å². The minimum atomic E-state index is -0.562. The molecule has 5 rings (SSSR count). The number of aromatic nitrogens is 2. The number of fused-ring (bicyclic) bond motifs is 2. The predicted octanol–water partition coefficient (Wildman–Crippen LogP) is 2.41. The number of carbonyl (C=O) groups is 1. The summed E-state index contributed by atoms with van der Waals surface area (Å²) in [4.78, 5) is 32.2. The first-order valence-corrected chi connectivity index (χ1v) is 11.1. The summed E-state index contributed by atoms with van der Waals surface area (Å²) < 4.78 is 26.7. The lowest BCUT2D eigenvalue weighted by Crippen LogP contribution is -2.24. The summed E-state index contributed by atoms with van der Waals surface area (Å²) in [5.74, 6) is -1.13. The van der Waals surface area contributed by atoms with Crippen molar-refractivity contribution in [2.75, 3.05) is 31.6 Å². The van der Waals surface area contributed by atoms with Gasteiger partial charge in [-0.2, -0.15) is 4.37 Å². The van der Waals surface area contributed by atoms with Gasteiger partial charge >= 0.3 is 5.97 Å². The Morgan fingerprint density at radius 1 is 1.41 bits per heavy atom. The Labute approximate surface area is 186 Å². The third-order valence-electron chi connectivity index (χ3n) is 5.91. The van der Waals surface area contributed by atoms with Crippen molar-refractivity contribution in [2.45, 2.75) is 25.8 Å². The van der Waals surface area contributed by atoms with E-state index in [-0.39, 0.29) is 28.6 Å². The van der Waals surface area contributed by atoms with E-state index in [0.717, 1.165) is 30.1 Å². The first-order chi connectivity index (χ1) is 15.4. The SMILES string of the molecule is CON=C1CN(c2cc3c(cc2F)c(=O)c2c(OC(C)=O)nsc2n3C2CC2)CC1CN. The molecule has 168 valence electrons. The minimum absolute atomic E-state index is 0.0194. The van der Waals surface area contributed by atoms with E-state index in [1.165, 1.54) is 20.1 Å². The van der Waals surface area contributed by atoms with Gasteiger partial charge in [-0.05, 0) is 36.5 Å². The number of ether oxygens (including phenoxy) is 1. The molecule has 3 heterocycles. The average Bonchev–Trinajstić information content (AvgIpc) is 3.38. The van der Waals surface area contributed by atoms with Gasteiger partial charge in [-0.1, -0.05) is 5.16 Å². The Kier molecular flexibility index (Phi) is 5.09. The Morgan fingerprint density at radius 3 is 2.84 bits per heavy atom. The number of rotatable bonds is 5. The summed E-state index contributed by atoms with van der Waals surface area (Å²) in [7, 11) is 1.47. The maximum Gasteiger partial charge on any atom is 0.309 e. The van der Waals surface area contributed by atoms with Gasteiger partial charge in [0.25, 0.3) is 0 Å². The third-order valence-corrected chi connectivity index (χ3v) is 6.74. The Balaban J connectivity index is 1.71. The lowest BCUT2D eigenvalue weighted by atomic mass is 10.1. The van der Waals surface area contributed by atoms with Crippen molar-refractivity contribution >= 4 is 50.0 Å². The van der Waals surface area contributed by atoms with Crippen LogP contribution in [0.15, 0.2) is 22.1 Å². The smallest absolute Gasteiger partial charge is 0.309 e. The highest BCUT2D eigenvalue weighted by atomic mass is 32.1. The predicted molar refractivity (Wildman–Crippen MR) is 120 cm³/mol. The van der Waals surface area contributed by atoms with Gasteiger partial charge in [-0.15, -0.1) is 0 Å². The zero-order valence-corrected chi connectivity index (χ0v) is 18.4. The van der Waals surface area contributed by atoms with Crippen LogP contribution in [0.3, 0.4) is 0 Å². The molecule has 0 bridgehead atoms. The van der Waals surface area contributed by atoms with Crippen LogP contribution in [0.1, 0.15) is 25.8 Å². The van der Waals surface area contributed by atoms with E-state index in [0.29, 0.717) is 35.7 Å². The van der Waals surface area contributed by atoms with Gasteiger partial charge < -0.3 is 24.8 Å². The van der Waals surface area contributed by atoms with Crippen LogP contribution in [0.5, 0.6) is 5.88 Å². The monoisotopic (exact) mass is 459 g/mol. The van der Waals surface area contributed by atoms with Crippen LogP contribution in [-0.4, -0.2) is 47.4 Å². The number of halogens is 1. The van der Waals surface area contributed by atoms with E-state index in [9.17, 15) is 9.59 Å². The lowest BCUT2D eigenvalue weighted by Gasteiger charge is -2.20. The maximum absolute atomic E-state index is 15.3. The summed E-state index contributed by atoms with van der Waals surface area (Å²) in [5, 5.41) is 4.50. The number of carbonyl (C=O) groups excluding carboxylic acids is 1. The van der Waals surface area contributed by atoms with Gasteiger partial charge in [0.15, 0.2) is 0 Å². The molecule has 1 unspecified atom stereocenters. The Bertz CT molecular complexity index is 1330. The van der Waals surface area contributed by atoms with Crippen LogP contribution >= 0.6 is 11.5 Å². The highest BCUT2D eigenvalue weighted by Gasteiger charge is 2.33. The zero-order chi connectivity index (χ0) is 22.6. The summed E-state index contributed by atoms with van der Waals surface area (Å²) in [6.07, 6.45) is 1.90. The normalized spacial score (nSPS) is 19.9. The molecule has 0 amide bonds. The summed E-state index contributed by atoms with van der Waals surface area (Å²) in [5.41, 5.74) is 7.26. The number of pyridine rings is 1. The number of esters is 1. The van der Waals surface area contributed by atoms with Crippen molar-refractivity contribution in [3.63, 3.8) is 0 Å². The number of nitrogens with zero attached hydrogens (tertiary/aromatic N) is 4. The van der Waals surface area contributed by atoms with Crippen LogP contribution in [-0.2, 0) is 9.63 Å². The molecule has 9 nitrogen and oxygen atoms in total. The molecule has 2 N–H and O–H groups in total. The second-order valence-corrected chi connectivity index (χ2v) is 8.84. The highest BCUT2D eigenvalue weighted by molar-refractivity contribution is 7.13. The van der Waals surface area contributed by atoms with Crippen molar-refractivity contribution in [3.05, 3.63) is 28.2 Å². The molecule has 1 aromatic carbocycles. The van der Waals surface area contributed by atoms with E-state index in [2.05, 4.69) is 9.53 Å². The van der Waals surface area contributed by atoms with Gasteiger partial charge in [-0.25, -0.2) is 4.39 Å². The Hall–Kier alpha value is -3.05. The minimum Gasteiger partial charge on any atom is -0.406 e. The second kappa shape index (κ2) is 7.82. The molecule has 2 fully saturated rings. The number of hydrogen-bond donors (Lipinski definition) is 1. The van der Waals surface area contributed by atoms with Gasteiger partial charge in [-0.3, -0.25) is 9.59 Å². The molecule has 1 saturated carbocycles. The van der Waals surface area contributed by atoms with E-state index in [1.54, 1.807) is 6.07 Å². The van der Waals surface area contributed by atoms with E-state index >= 15 is 4.39 Å². The van der Waals surface area contributed by atoms with Gasteiger partial charge in [0.05, 0.1) is 23.5 Å². The molecule has 2 aromatic heterocycles. The fourth-order valence-corrected chi connectivity index (χ4v) is 5.23. The molecule has 3 aromatic rings. The van der Waals surface area contributed by atoms with Crippen LogP contribution in [0.4, 0.5) is 10.1 Å². The first-order valence-electron chi connectivity index (χ1n) is 10.3. The molecular weight excluding hydrogens is 437 g/mol. The number of oxime groups is 1. The topological polar surface area (TPSA) is 112 Å². The fourth-order valence-electron chi connectivity index (χ4n) is 4.32. The van der Waals surface area contributed by atoms with Gasteiger partial charge in [0.2, 0.25) is 11.3 Å². The molecule has 0 radical (unpaired) electrons. The number of benzene rings is 1. The van der Waals surface area contributed by atoms with E-state index in [4.69, 9.17) is 15.3 Å². The average molecular weight is 460 g/mol. The molecule has 11 heteroatoms. The van der Waals surface area contributed by atoms with Crippen molar-refractivity contribution in [1.29, 1.82) is 0 Å². The van der Waals surface area contributed by atoms with Crippen LogP contribution in [0.2, 0.25) is 0 Å². The standard InChI is InChI=1S/C21H22FN5O4S/c1-10(28)31-20-18-19(29)13-5-14(22)17(26-8-11(7-23)15(9-26)24-30-2)6-16(13)27(12-3-4-12)21(18)32-25-20/h5-6,11-12H,3-4,7-9,23H2,1-2H3. The van der Waals surface area contributed by atoms with Gasteiger partial charge in [0, 0.05) is 37.4 Å². The molecular formula is C21H22FN5O4S. The third kappa shape index (κ3) is 3.32. The van der Waals surface area contributed by atoms with Crippen LogP contribution in [0, 0.1) is 11.7 Å². The van der Waals surface area contributed by atoms with Crippen LogP contribution < -0.4 is 20.8 Å². The molecule has 1 aliphatic carbocycles. The van der Waals surface area contributed by atoms with Crippen LogP contribution in [0.25, 0.3) is 21.1 Å². The largest absolute Gasteiger partial charge is 0.406 e. The number of nitrogens with two attached hydrogens (primary N) is 1. The first kappa shape index (κ1) is 20.8. The fraction of sp³-hybridized carbons (Fsp3) is 0.429. The quantitative estimate of drug-likeness (QED) is 0.461. The van der Waals surface area contributed by atoms with Gasteiger partial charge in [0.1, 0.15) is 23.1 Å². The molecule has 1 aliphatic heterocycles. The maximum atomic E-state index is 15.3. The number of anilines is 1. The van der Waals surface area contributed by atoms with E-state index in [1.807, 2.05) is 9.47 Å². The van der Waals surface area contributed by atoms with Crippen molar-refractivity contribution in [2.24, 2.45) is 16.8 Å². The second-order valence-electron chi connectivity index (χ2n) is 8.09. The summed E-state index contributed by atoms with van der Waals surface area (Å²) in [6, 6.07) is 3.17. The molecule has 0 spiro atoms. The molecule has 32 heavy (non-hydrogen) atoms. The molecule has 1 saturated heterocycles. The zero-order valence-electron chi connectivity index (χ0n) is 17.6. The lowest BCUT2D eigenvalue weighted by molar-refractivity contribution is -0.132. The summed E-state index contributed by atoms with van der Waals surface area (Å²) >= 11 is 1.11. The van der Waals surface area contributed by atoms with E-state index < -0.39 is 17.2 Å². The number of hydrogen-bond acceptors (Lipinski definition) is 9. The molecule has 2 aliphatic rings. The molecule has 1 atom stereocenters. The van der Waals surface area contributed by atoms with Crippen molar-refractivity contribution < 1.29 is 18.8 Å². The Morgan fingerprint density at radius 2 is 2.19 bits per heavy atom. The summed E-state index contributed by atoms with van der Waals surface area (Å²) in [6.45, 7) is 2.53. The highest BCUT2D eigenvalue weighted by Crippen LogP contribution is 2.43.